The molecule has 0 fully saturated rings. The van der Waals surface area contributed by atoms with Gasteiger partial charge in [-0.05, 0) is 116 Å². The van der Waals surface area contributed by atoms with Crippen molar-refractivity contribution < 1.29 is 23.2 Å². The van der Waals surface area contributed by atoms with E-state index >= 15 is 0 Å². The lowest BCUT2D eigenvalue weighted by Gasteiger charge is -2.12. The molecule has 0 saturated carbocycles. The van der Waals surface area contributed by atoms with Crippen LogP contribution in [0.4, 0.5) is 31.8 Å². The predicted octanol–water partition coefficient (Wildman–Crippen LogP) is 12.6. The van der Waals surface area contributed by atoms with Gasteiger partial charge in [-0.1, -0.05) is 51.3 Å². The number of halogens is 5. The van der Waals surface area contributed by atoms with Gasteiger partial charge in [0.2, 0.25) is 5.88 Å². The molecule has 1 radical (unpaired) electrons. The van der Waals surface area contributed by atoms with Crippen molar-refractivity contribution in [3.05, 3.63) is 190 Å². The Labute approximate surface area is 413 Å². The van der Waals surface area contributed by atoms with E-state index in [9.17, 15) is 8.78 Å². The van der Waals surface area contributed by atoms with Gasteiger partial charge in [0.05, 0.1) is 34.4 Å². The van der Waals surface area contributed by atoms with E-state index in [1.54, 1.807) is 49.1 Å². The second-order valence-electron chi connectivity index (χ2n) is 14.6. The molecule has 6 heterocycles. The average Bonchev–Trinajstić information content (AvgIpc) is 3.37. The van der Waals surface area contributed by atoms with Gasteiger partial charge >= 0.3 is 7.69 Å². The molecular weight excluding hydrogens is 988 g/mol. The van der Waals surface area contributed by atoms with Gasteiger partial charge in [-0.2, -0.15) is 0 Å². The fraction of sp³-hybridized carbons (Fsp3) is 0.0400. The van der Waals surface area contributed by atoms with Crippen LogP contribution in [-0.4, -0.2) is 59.7 Å². The van der Waals surface area contributed by atoms with Crippen LogP contribution in [0.3, 0.4) is 0 Å². The maximum absolute atomic E-state index is 13.6. The second kappa shape index (κ2) is 22.4. The van der Waals surface area contributed by atoms with Crippen LogP contribution in [0.25, 0.3) is 55.7 Å². The predicted molar refractivity (Wildman–Crippen MR) is 270 cm³/mol. The Bertz CT molecular complexity index is 3380. The summed E-state index contributed by atoms with van der Waals surface area (Å²) in [6.45, 7) is 1.96. The summed E-state index contributed by atoms with van der Waals surface area (Å²) in [6.07, 6.45) is 10.1. The van der Waals surface area contributed by atoms with Crippen LogP contribution in [-0.2, 0) is 0 Å². The zero-order chi connectivity index (χ0) is 48.3. The molecule has 69 heavy (non-hydrogen) atoms. The summed E-state index contributed by atoms with van der Waals surface area (Å²) >= 11 is 15.3. The van der Waals surface area contributed by atoms with Crippen molar-refractivity contribution in [1.82, 2.24) is 39.9 Å². The molecule has 0 bridgehead atoms. The molecule has 6 aromatic heterocycles. The van der Waals surface area contributed by atoms with Gasteiger partial charge in [-0.25, -0.2) is 33.7 Å². The summed E-state index contributed by atoms with van der Waals surface area (Å²) in [5, 5.41) is 16.4. The van der Waals surface area contributed by atoms with Crippen LogP contribution in [0.1, 0.15) is 5.69 Å². The van der Waals surface area contributed by atoms with Crippen LogP contribution in [0.2, 0.25) is 10.0 Å². The minimum Gasteiger partial charge on any atom is -0.536 e. The summed E-state index contributed by atoms with van der Waals surface area (Å²) in [5.41, 5.74) is 7.33. The molecule has 13 nitrogen and oxygen atoms in total. The van der Waals surface area contributed by atoms with E-state index in [2.05, 4.69) is 61.1 Å². The molecule has 0 amide bonds. The number of hydrogen-bond acceptors (Lipinski definition) is 13. The number of pyridine rings is 4. The number of nitrogens with zero attached hydrogens (tertiary/aromatic N) is 8. The van der Waals surface area contributed by atoms with Crippen molar-refractivity contribution in [2.45, 2.75) is 6.92 Å². The smallest absolute Gasteiger partial charge is 0.536 e. The topological polar surface area (TPSA) is 166 Å². The van der Waals surface area contributed by atoms with E-state index in [1.807, 2.05) is 85.9 Å². The first-order valence-electron chi connectivity index (χ1n) is 20.6. The Hall–Kier alpha value is -7.70. The van der Waals surface area contributed by atoms with Gasteiger partial charge in [-0.15, -0.1) is 0 Å². The summed E-state index contributed by atoms with van der Waals surface area (Å²) in [5.74, 6) is 2.29. The summed E-state index contributed by atoms with van der Waals surface area (Å²) in [4.78, 5) is 35.3. The largest absolute Gasteiger partial charge is 0.569 e. The molecule has 0 spiro atoms. The number of ether oxygens (including phenoxy) is 1. The Balaban J connectivity index is 0.000000155. The first-order valence-corrected chi connectivity index (χ1v) is 22.2. The van der Waals surface area contributed by atoms with Crippen molar-refractivity contribution in [1.29, 1.82) is 0 Å². The number of anilines is 4. The zero-order valence-corrected chi connectivity index (χ0v) is 39.4. The first kappa shape index (κ1) is 47.8. The lowest BCUT2D eigenvalue weighted by molar-refractivity contribution is 0.395. The number of nitrogens with one attached hydrogen (secondary N) is 2. The van der Waals surface area contributed by atoms with E-state index in [4.69, 9.17) is 42.9 Å². The highest BCUT2D eigenvalue weighted by Gasteiger charge is 2.14. The normalized spacial score (nSPS) is 10.6. The van der Waals surface area contributed by atoms with E-state index in [-0.39, 0.29) is 10.0 Å². The number of rotatable bonds is 10. The lowest BCUT2D eigenvalue weighted by Crippen LogP contribution is -2.00. The third kappa shape index (κ3) is 12.3. The van der Waals surface area contributed by atoms with Crippen LogP contribution in [0.5, 0.6) is 11.6 Å². The Kier molecular flexibility index (Phi) is 15.5. The van der Waals surface area contributed by atoms with E-state index in [0.29, 0.717) is 54.0 Å². The molecule has 0 saturated heterocycles. The number of aromatic nitrogens is 8. The molecule has 19 heteroatoms. The van der Waals surface area contributed by atoms with Gasteiger partial charge in [0.1, 0.15) is 29.0 Å². The van der Waals surface area contributed by atoms with Crippen LogP contribution >= 0.6 is 39.1 Å². The van der Waals surface area contributed by atoms with E-state index < -0.39 is 11.6 Å². The zero-order valence-electron chi connectivity index (χ0n) is 36.3. The van der Waals surface area contributed by atoms with Crippen molar-refractivity contribution >= 4 is 91.6 Å². The molecule has 10 rings (SSSR count). The van der Waals surface area contributed by atoms with E-state index in [0.717, 1.165) is 54.2 Å². The maximum Gasteiger partial charge on any atom is 0.569 e. The fourth-order valence-corrected chi connectivity index (χ4v) is 7.24. The minimum absolute atomic E-state index is 0.0370. The molecule has 341 valence electrons. The van der Waals surface area contributed by atoms with Crippen molar-refractivity contribution in [3.8, 4) is 45.5 Å². The number of hydrogen-bond donors (Lipinski definition) is 3. The van der Waals surface area contributed by atoms with Crippen LogP contribution < -0.4 is 20.0 Å². The Morgan fingerprint density at radius 2 is 1.17 bits per heavy atom. The average molecular weight is 1020 g/mol. The monoisotopic (exact) mass is 1020 g/mol. The number of aryl methyl sites for hydroxylation is 1. The SMILES string of the molecule is COc1ccc(O[B]O)cn1.Cc1ccc(-c2ccc3c(Nc4ccc(F)c(Cl)c4)nc(-c4cccnc4)nc3c2)cn1.Fc1ccc(Nc2nc(-c3cccnc3)nc3cc(Br)ccc23)cc1Cl. The van der Waals surface area contributed by atoms with Crippen molar-refractivity contribution in [2.75, 3.05) is 17.7 Å². The second-order valence-corrected chi connectivity index (χ2v) is 16.4. The number of fused-ring (bicyclic) bond motifs is 2. The van der Waals surface area contributed by atoms with Gasteiger partial charge in [0.15, 0.2) is 11.6 Å². The molecule has 0 unspecified atom stereocenters. The van der Waals surface area contributed by atoms with Gasteiger partial charge in [0, 0.05) is 86.1 Å². The Morgan fingerprint density at radius 3 is 1.67 bits per heavy atom. The third-order valence-corrected chi connectivity index (χ3v) is 11.0. The molecular formula is C50H35BBrCl2F2N10O3. The van der Waals surface area contributed by atoms with Gasteiger partial charge in [-0.3, -0.25) is 15.0 Å². The molecule has 3 N–H and O–H groups in total. The highest BCUT2D eigenvalue weighted by Crippen LogP contribution is 2.33. The highest BCUT2D eigenvalue weighted by atomic mass is 79.9. The first-order chi connectivity index (χ1) is 33.5. The molecule has 0 aliphatic rings. The molecule has 10 aromatic rings. The molecule has 0 aliphatic heterocycles. The summed E-state index contributed by atoms with van der Waals surface area (Å²) in [7, 11) is 2.13. The summed E-state index contributed by atoms with van der Waals surface area (Å²) in [6, 6.07) is 35.4. The van der Waals surface area contributed by atoms with Crippen molar-refractivity contribution in [2.24, 2.45) is 0 Å². The maximum atomic E-state index is 13.6. The fourth-order valence-electron chi connectivity index (χ4n) is 6.53. The lowest BCUT2D eigenvalue weighted by atomic mass is 10.0. The third-order valence-electron chi connectivity index (χ3n) is 9.91. The quantitative estimate of drug-likeness (QED) is 0.111. The standard InChI is InChI=1S/C25H17ClFN5.C19H11BrClFN4.C6H7BNO3/c1-15-4-5-17(14-29-15)16-6-8-20-23(11-16)31-24(18-3-2-10-28-13-18)32-25(20)30-19-7-9-22(27)21(26)12-19;20-12-3-5-14-17(8-12)25-18(11-2-1-7-23-10-11)26-19(14)24-13-4-6-16(22)15(21)9-13;1-10-6-3-2-5(4-8-6)11-7-9/h2-14H,1H3,(H,30,31,32);1-10H,(H,24,25,26);2-4,9H,1H3. The van der Waals surface area contributed by atoms with Gasteiger partial charge < -0.3 is 25.0 Å². The minimum atomic E-state index is -0.475. The number of methoxy groups -OCH3 is 1. The molecule has 4 aromatic carbocycles. The Morgan fingerprint density at radius 1 is 0.594 bits per heavy atom. The van der Waals surface area contributed by atoms with Crippen molar-refractivity contribution in [3.63, 3.8) is 0 Å². The van der Waals surface area contributed by atoms with Crippen LogP contribution in [0, 0.1) is 18.6 Å². The summed E-state index contributed by atoms with van der Waals surface area (Å²) < 4.78 is 37.4. The molecule has 0 aliphatic carbocycles. The highest BCUT2D eigenvalue weighted by molar-refractivity contribution is 9.10. The molecule has 0 atom stereocenters. The van der Waals surface area contributed by atoms with Gasteiger partial charge in [0.25, 0.3) is 0 Å². The van der Waals surface area contributed by atoms with E-state index in [1.165, 1.54) is 37.6 Å². The van der Waals surface area contributed by atoms with Crippen LogP contribution in [0.15, 0.2) is 163 Å². The number of benzene rings is 4.